The zero-order chi connectivity index (χ0) is 17.9. The van der Waals surface area contributed by atoms with Gasteiger partial charge in [-0.3, -0.25) is 4.90 Å². The summed E-state index contributed by atoms with van der Waals surface area (Å²) in [6.45, 7) is 2.90. The van der Waals surface area contributed by atoms with E-state index in [1.54, 1.807) is 14.2 Å². The van der Waals surface area contributed by atoms with Crippen LogP contribution in [-0.2, 0) is 6.54 Å². The molecule has 5 heteroatoms. The first kappa shape index (κ1) is 16.9. The lowest BCUT2D eigenvalue weighted by molar-refractivity contribution is 0.187. The largest absolute Gasteiger partial charge is 0.497 e. The second-order valence-electron chi connectivity index (χ2n) is 6.82. The van der Waals surface area contributed by atoms with Gasteiger partial charge in [-0.05, 0) is 49.2 Å². The molecule has 136 valence electrons. The molecule has 4 rings (SSSR count). The Kier molecular flexibility index (Phi) is 4.80. The Morgan fingerprint density at radius 2 is 1.88 bits per heavy atom. The number of methoxy groups -OCH3 is 2. The van der Waals surface area contributed by atoms with E-state index in [0.29, 0.717) is 5.92 Å². The summed E-state index contributed by atoms with van der Waals surface area (Å²) in [5.41, 5.74) is 3.01. The van der Waals surface area contributed by atoms with Crippen molar-refractivity contribution in [2.45, 2.75) is 25.3 Å². The molecule has 0 saturated carbocycles. The Bertz CT molecular complexity index is 835. The van der Waals surface area contributed by atoms with Gasteiger partial charge in [0.2, 0.25) is 0 Å². The summed E-state index contributed by atoms with van der Waals surface area (Å²) in [5, 5.41) is 0. The SMILES string of the molecule is COc1cc(CN2CCCC(c3nc4ccccc4o3)C2)cc(OC)c1. The zero-order valence-electron chi connectivity index (χ0n) is 15.3. The third kappa shape index (κ3) is 3.53. The highest BCUT2D eigenvalue weighted by atomic mass is 16.5. The summed E-state index contributed by atoms with van der Waals surface area (Å²) < 4.78 is 16.8. The van der Waals surface area contributed by atoms with Gasteiger partial charge in [-0.2, -0.15) is 0 Å². The molecular formula is C21H24N2O3. The lowest BCUT2D eigenvalue weighted by Crippen LogP contribution is -2.34. The highest BCUT2D eigenvalue weighted by Gasteiger charge is 2.25. The number of para-hydroxylation sites is 2. The van der Waals surface area contributed by atoms with Gasteiger partial charge in [0, 0.05) is 25.1 Å². The third-order valence-electron chi connectivity index (χ3n) is 4.98. The highest BCUT2D eigenvalue weighted by molar-refractivity contribution is 5.72. The second kappa shape index (κ2) is 7.38. The van der Waals surface area contributed by atoms with Gasteiger partial charge in [-0.1, -0.05) is 12.1 Å². The number of ether oxygens (including phenoxy) is 2. The normalized spacial score (nSPS) is 18.2. The maximum absolute atomic E-state index is 6.00. The molecule has 0 amide bonds. The molecule has 0 N–H and O–H groups in total. The van der Waals surface area contributed by atoms with Gasteiger partial charge in [0.05, 0.1) is 14.2 Å². The molecule has 5 nitrogen and oxygen atoms in total. The van der Waals surface area contributed by atoms with Crippen LogP contribution >= 0.6 is 0 Å². The average molecular weight is 352 g/mol. The van der Waals surface area contributed by atoms with E-state index in [4.69, 9.17) is 18.9 Å². The van der Waals surface area contributed by atoms with Crippen molar-refractivity contribution < 1.29 is 13.9 Å². The predicted molar refractivity (Wildman–Crippen MR) is 101 cm³/mol. The van der Waals surface area contributed by atoms with Crippen molar-refractivity contribution in [2.75, 3.05) is 27.3 Å². The first-order valence-corrected chi connectivity index (χ1v) is 9.05. The van der Waals surface area contributed by atoms with Crippen molar-refractivity contribution in [1.29, 1.82) is 0 Å². The average Bonchev–Trinajstić information content (AvgIpc) is 3.12. The minimum Gasteiger partial charge on any atom is -0.497 e. The van der Waals surface area contributed by atoms with Gasteiger partial charge >= 0.3 is 0 Å². The molecule has 1 saturated heterocycles. The fourth-order valence-electron chi connectivity index (χ4n) is 3.68. The van der Waals surface area contributed by atoms with Gasteiger partial charge in [0.15, 0.2) is 11.5 Å². The molecule has 0 radical (unpaired) electrons. The van der Waals surface area contributed by atoms with Crippen LogP contribution in [0.15, 0.2) is 46.9 Å². The third-order valence-corrected chi connectivity index (χ3v) is 4.98. The van der Waals surface area contributed by atoms with Crippen LogP contribution in [0.25, 0.3) is 11.1 Å². The van der Waals surface area contributed by atoms with Crippen molar-refractivity contribution in [1.82, 2.24) is 9.88 Å². The van der Waals surface area contributed by atoms with Crippen LogP contribution in [-0.4, -0.2) is 37.2 Å². The number of nitrogens with zero attached hydrogens (tertiary/aromatic N) is 2. The molecule has 1 aromatic heterocycles. The number of benzene rings is 2. The number of rotatable bonds is 5. The Hall–Kier alpha value is -2.53. The molecule has 1 atom stereocenters. The Morgan fingerprint density at radius 1 is 1.12 bits per heavy atom. The fourth-order valence-corrected chi connectivity index (χ4v) is 3.68. The Morgan fingerprint density at radius 3 is 2.62 bits per heavy atom. The number of likely N-dealkylation sites (tertiary alicyclic amines) is 1. The van der Waals surface area contributed by atoms with Crippen molar-refractivity contribution in [3.63, 3.8) is 0 Å². The van der Waals surface area contributed by atoms with Gasteiger partial charge in [-0.15, -0.1) is 0 Å². The van der Waals surface area contributed by atoms with Gasteiger partial charge < -0.3 is 13.9 Å². The first-order chi connectivity index (χ1) is 12.7. The van der Waals surface area contributed by atoms with E-state index < -0.39 is 0 Å². The van der Waals surface area contributed by atoms with Crippen LogP contribution in [0.5, 0.6) is 11.5 Å². The van der Waals surface area contributed by atoms with Crippen LogP contribution in [0.4, 0.5) is 0 Å². The number of fused-ring (bicyclic) bond motifs is 1. The van der Waals surface area contributed by atoms with Crippen LogP contribution in [0.3, 0.4) is 0 Å². The summed E-state index contributed by atoms with van der Waals surface area (Å²) in [6.07, 6.45) is 2.26. The molecule has 1 unspecified atom stereocenters. The standard InChI is InChI=1S/C21H24N2O3/c1-24-17-10-15(11-18(12-17)25-2)13-23-9-5-6-16(14-23)21-22-19-7-3-4-8-20(19)26-21/h3-4,7-8,10-12,16H,5-6,9,13-14H2,1-2H3. The lowest BCUT2D eigenvalue weighted by Gasteiger charge is -2.31. The zero-order valence-corrected chi connectivity index (χ0v) is 15.3. The van der Waals surface area contributed by atoms with E-state index in [1.165, 1.54) is 5.56 Å². The Labute approximate surface area is 153 Å². The molecule has 0 aliphatic carbocycles. The Balaban J connectivity index is 1.50. The topological polar surface area (TPSA) is 47.7 Å². The summed E-state index contributed by atoms with van der Waals surface area (Å²) in [5.74, 6) is 2.85. The van der Waals surface area contributed by atoms with Gasteiger partial charge in [0.1, 0.15) is 17.0 Å². The van der Waals surface area contributed by atoms with Crippen molar-refractivity contribution >= 4 is 11.1 Å². The summed E-state index contributed by atoms with van der Waals surface area (Å²) in [4.78, 5) is 7.15. The molecule has 1 aliphatic rings. The summed E-state index contributed by atoms with van der Waals surface area (Å²) in [6, 6.07) is 14.0. The molecule has 26 heavy (non-hydrogen) atoms. The van der Waals surface area contributed by atoms with Crippen LogP contribution in [0.1, 0.15) is 30.2 Å². The van der Waals surface area contributed by atoms with Crippen molar-refractivity contribution in [3.8, 4) is 11.5 Å². The van der Waals surface area contributed by atoms with E-state index in [-0.39, 0.29) is 0 Å². The summed E-state index contributed by atoms with van der Waals surface area (Å²) >= 11 is 0. The van der Waals surface area contributed by atoms with Crippen LogP contribution in [0.2, 0.25) is 0 Å². The molecule has 1 aliphatic heterocycles. The number of piperidine rings is 1. The van der Waals surface area contributed by atoms with E-state index in [9.17, 15) is 0 Å². The minimum absolute atomic E-state index is 0.337. The molecular weight excluding hydrogens is 328 g/mol. The smallest absolute Gasteiger partial charge is 0.199 e. The lowest BCUT2D eigenvalue weighted by atomic mass is 9.97. The number of aromatic nitrogens is 1. The minimum atomic E-state index is 0.337. The van der Waals surface area contributed by atoms with E-state index in [2.05, 4.69) is 17.0 Å². The van der Waals surface area contributed by atoms with Gasteiger partial charge in [-0.25, -0.2) is 4.98 Å². The van der Waals surface area contributed by atoms with Crippen LogP contribution < -0.4 is 9.47 Å². The number of hydrogen-bond acceptors (Lipinski definition) is 5. The van der Waals surface area contributed by atoms with Gasteiger partial charge in [0.25, 0.3) is 0 Å². The summed E-state index contributed by atoms with van der Waals surface area (Å²) in [7, 11) is 3.37. The van der Waals surface area contributed by atoms with Crippen molar-refractivity contribution in [2.24, 2.45) is 0 Å². The second-order valence-corrected chi connectivity index (χ2v) is 6.82. The fraction of sp³-hybridized carbons (Fsp3) is 0.381. The van der Waals surface area contributed by atoms with E-state index >= 15 is 0 Å². The van der Waals surface area contributed by atoms with Crippen molar-refractivity contribution in [3.05, 3.63) is 53.9 Å². The predicted octanol–water partition coefficient (Wildman–Crippen LogP) is 4.22. The molecule has 0 spiro atoms. The van der Waals surface area contributed by atoms with Crippen LogP contribution in [0, 0.1) is 0 Å². The molecule has 0 bridgehead atoms. The molecule has 3 aromatic rings. The number of hydrogen-bond donors (Lipinski definition) is 0. The maximum atomic E-state index is 6.00. The van der Waals surface area contributed by atoms with E-state index in [1.807, 2.05) is 30.3 Å². The quantitative estimate of drug-likeness (QED) is 0.688. The molecule has 1 fully saturated rings. The monoisotopic (exact) mass is 352 g/mol. The highest BCUT2D eigenvalue weighted by Crippen LogP contribution is 2.30. The van der Waals surface area contributed by atoms with E-state index in [0.717, 1.165) is 61.0 Å². The molecule has 2 heterocycles. The molecule has 2 aromatic carbocycles. The maximum Gasteiger partial charge on any atom is 0.199 e. The number of oxazole rings is 1. The first-order valence-electron chi connectivity index (χ1n) is 9.05.